The lowest BCUT2D eigenvalue weighted by molar-refractivity contribution is 0.235. The number of para-hydroxylation sites is 2. The topological polar surface area (TPSA) is 46.2 Å². The van der Waals surface area contributed by atoms with Crippen molar-refractivity contribution in [3.8, 4) is 0 Å². The van der Waals surface area contributed by atoms with Crippen molar-refractivity contribution >= 4 is 32.8 Å². The van der Waals surface area contributed by atoms with Gasteiger partial charge in [-0.25, -0.2) is 8.42 Å². The molecular formula is C14H12ClF2NO2S. The highest BCUT2D eigenvalue weighted by Crippen LogP contribution is 2.30. The molecular weight excluding hydrogens is 320 g/mol. The van der Waals surface area contributed by atoms with E-state index in [1.807, 2.05) is 0 Å². The molecule has 2 aromatic rings. The number of sulfone groups is 1. The fraction of sp³-hybridized carbons (Fsp3) is 0.143. The Morgan fingerprint density at radius 1 is 1.00 bits per heavy atom. The van der Waals surface area contributed by atoms with E-state index in [2.05, 4.69) is 5.32 Å². The van der Waals surface area contributed by atoms with Gasteiger partial charge < -0.3 is 5.32 Å². The number of benzene rings is 2. The molecule has 0 unspecified atom stereocenters. The van der Waals surface area contributed by atoms with Gasteiger partial charge in [0.2, 0.25) is 9.84 Å². The molecule has 0 heterocycles. The summed E-state index contributed by atoms with van der Waals surface area (Å²) < 4.78 is 48.8. The average Bonchev–Trinajstić information content (AvgIpc) is 2.48. The van der Waals surface area contributed by atoms with Crippen molar-refractivity contribution in [3.63, 3.8) is 0 Å². The first-order valence-corrected chi connectivity index (χ1v) is 8.07. The van der Waals surface area contributed by atoms with Crippen LogP contribution >= 0.6 is 11.6 Å². The van der Waals surface area contributed by atoms with Crippen LogP contribution in [-0.2, 0) is 15.7 Å². The average molecular weight is 332 g/mol. The van der Waals surface area contributed by atoms with Crippen LogP contribution in [0.2, 0.25) is 0 Å². The summed E-state index contributed by atoms with van der Waals surface area (Å²) in [4.78, 5) is -0.440. The maximum atomic E-state index is 12.7. The lowest BCUT2D eigenvalue weighted by Gasteiger charge is -2.14. The Kier molecular flexibility index (Phi) is 4.80. The molecule has 21 heavy (non-hydrogen) atoms. The van der Waals surface area contributed by atoms with Crippen LogP contribution in [0.4, 0.5) is 20.2 Å². The summed E-state index contributed by atoms with van der Waals surface area (Å²) in [6.07, 6.45) is 0. The van der Waals surface area contributed by atoms with Crippen molar-refractivity contribution in [1.82, 2.24) is 0 Å². The molecule has 0 amide bonds. The highest BCUT2D eigenvalue weighted by Gasteiger charge is 2.29. The van der Waals surface area contributed by atoms with Gasteiger partial charge >= 0.3 is 5.76 Å². The monoisotopic (exact) mass is 331 g/mol. The predicted octanol–water partition coefficient (Wildman–Crippen LogP) is 4.17. The number of hydrogen-bond acceptors (Lipinski definition) is 3. The molecule has 0 aliphatic carbocycles. The van der Waals surface area contributed by atoms with Gasteiger partial charge in [0.05, 0.1) is 10.6 Å². The smallest absolute Gasteiger partial charge is 0.341 e. The van der Waals surface area contributed by atoms with Gasteiger partial charge in [-0.05, 0) is 23.8 Å². The SMILES string of the molecule is O=S(=O)(c1ccccc1Nc1ccccc1CCl)C(F)F. The largest absolute Gasteiger partial charge is 0.354 e. The molecule has 0 saturated carbocycles. The number of nitrogens with one attached hydrogen (secondary N) is 1. The van der Waals surface area contributed by atoms with Gasteiger partial charge in [-0.15, -0.1) is 11.6 Å². The summed E-state index contributed by atoms with van der Waals surface area (Å²) in [7, 11) is -4.68. The second-order valence-electron chi connectivity index (χ2n) is 4.22. The summed E-state index contributed by atoms with van der Waals surface area (Å²) in [6.45, 7) is 0. The molecule has 0 radical (unpaired) electrons. The first-order valence-electron chi connectivity index (χ1n) is 5.99. The fourth-order valence-corrected chi connectivity index (χ4v) is 2.94. The standard InChI is InChI=1S/C14H12ClF2NO2S/c15-9-10-5-1-2-6-11(10)18-12-7-3-4-8-13(12)21(19,20)14(16)17/h1-8,14,18H,9H2. The third-order valence-electron chi connectivity index (χ3n) is 2.86. The van der Waals surface area contributed by atoms with Crippen LogP contribution in [0.5, 0.6) is 0 Å². The summed E-state index contributed by atoms with van der Waals surface area (Å²) in [6, 6.07) is 12.5. The first-order chi connectivity index (χ1) is 9.96. The number of anilines is 2. The summed E-state index contributed by atoms with van der Waals surface area (Å²) in [5.41, 5.74) is 1.41. The van der Waals surface area contributed by atoms with Crippen LogP contribution in [0.15, 0.2) is 53.4 Å². The van der Waals surface area contributed by atoms with Crippen LogP contribution in [0, 0.1) is 0 Å². The van der Waals surface area contributed by atoms with Gasteiger partial charge in [0, 0.05) is 11.6 Å². The number of hydrogen-bond donors (Lipinski definition) is 1. The van der Waals surface area contributed by atoms with E-state index in [4.69, 9.17) is 11.6 Å². The number of halogens is 3. The number of alkyl halides is 3. The molecule has 0 atom stereocenters. The highest BCUT2D eigenvalue weighted by atomic mass is 35.5. The second-order valence-corrected chi connectivity index (χ2v) is 6.37. The minimum Gasteiger partial charge on any atom is -0.354 e. The summed E-state index contributed by atoms with van der Waals surface area (Å²) in [5.74, 6) is -3.25. The molecule has 0 aromatic heterocycles. The second kappa shape index (κ2) is 6.41. The highest BCUT2D eigenvalue weighted by molar-refractivity contribution is 7.91. The van der Waals surface area contributed by atoms with Gasteiger partial charge in [0.15, 0.2) is 0 Å². The minimum atomic E-state index is -4.68. The normalized spacial score (nSPS) is 11.6. The molecule has 0 saturated heterocycles. The van der Waals surface area contributed by atoms with E-state index in [-0.39, 0.29) is 11.6 Å². The van der Waals surface area contributed by atoms with E-state index in [0.29, 0.717) is 5.69 Å². The Morgan fingerprint density at radius 2 is 1.57 bits per heavy atom. The maximum absolute atomic E-state index is 12.7. The Labute approximate surface area is 126 Å². The van der Waals surface area contributed by atoms with Crippen molar-refractivity contribution in [1.29, 1.82) is 0 Å². The van der Waals surface area contributed by atoms with Gasteiger partial charge in [-0.1, -0.05) is 30.3 Å². The first kappa shape index (κ1) is 15.7. The zero-order chi connectivity index (χ0) is 15.5. The Balaban J connectivity index is 2.47. The summed E-state index contributed by atoms with van der Waals surface area (Å²) in [5, 5.41) is 2.86. The van der Waals surface area contributed by atoms with Gasteiger partial charge in [0.1, 0.15) is 0 Å². The quantitative estimate of drug-likeness (QED) is 0.837. The summed E-state index contributed by atoms with van der Waals surface area (Å²) >= 11 is 5.80. The minimum absolute atomic E-state index is 0.0929. The van der Waals surface area contributed by atoms with Crippen LogP contribution in [-0.4, -0.2) is 14.2 Å². The molecule has 0 aliphatic rings. The Morgan fingerprint density at radius 3 is 2.19 bits per heavy atom. The van der Waals surface area contributed by atoms with E-state index < -0.39 is 20.5 Å². The molecule has 1 N–H and O–H groups in total. The molecule has 0 fully saturated rings. The predicted molar refractivity (Wildman–Crippen MR) is 78.9 cm³/mol. The van der Waals surface area contributed by atoms with E-state index in [0.717, 1.165) is 11.6 Å². The van der Waals surface area contributed by atoms with Crippen LogP contribution in [0.1, 0.15) is 5.56 Å². The van der Waals surface area contributed by atoms with Crippen molar-refractivity contribution in [2.24, 2.45) is 0 Å². The lowest BCUT2D eigenvalue weighted by atomic mass is 10.2. The molecule has 0 spiro atoms. The molecule has 7 heteroatoms. The van der Waals surface area contributed by atoms with E-state index in [9.17, 15) is 17.2 Å². The Hall–Kier alpha value is -1.66. The number of rotatable bonds is 5. The zero-order valence-electron chi connectivity index (χ0n) is 10.8. The molecule has 2 rings (SSSR count). The zero-order valence-corrected chi connectivity index (χ0v) is 12.3. The molecule has 0 aliphatic heterocycles. The van der Waals surface area contributed by atoms with Crippen LogP contribution in [0.25, 0.3) is 0 Å². The van der Waals surface area contributed by atoms with E-state index >= 15 is 0 Å². The van der Waals surface area contributed by atoms with Crippen molar-refractivity contribution in [2.75, 3.05) is 5.32 Å². The fourth-order valence-electron chi connectivity index (χ4n) is 1.82. The van der Waals surface area contributed by atoms with Gasteiger partial charge in [-0.3, -0.25) is 0 Å². The van der Waals surface area contributed by atoms with E-state index in [1.54, 1.807) is 30.3 Å². The van der Waals surface area contributed by atoms with E-state index in [1.165, 1.54) is 12.1 Å². The molecule has 3 nitrogen and oxygen atoms in total. The van der Waals surface area contributed by atoms with Crippen molar-refractivity contribution < 1.29 is 17.2 Å². The van der Waals surface area contributed by atoms with Gasteiger partial charge in [-0.2, -0.15) is 8.78 Å². The molecule has 112 valence electrons. The van der Waals surface area contributed by atoms with Crippen LogP contribution < -0.4 is 5.32 Å². The van der Waals surface area contributed by atoms with Gasteiger partial charge in [0.25, 0.3) is 0 Å². The van der Waals surface area contributed by atoms with Crippen molar-refractivity contribution in [3.05, 3.63) is 54.1 Å². The Bertz CT molecular complexity index is 735. The third-order valence-corrected chi connectivity index (χ3v) is 4.58. The third kappa shape index (κ3) is 3.33. The molecule has 0 bridgehead atoms. The maximum Gasteiger partial charge on any atom is 0.341 e. The van der Waals surface area contributed by atoms with Crippen molar-refractivity contribution in [2.45, 2.75) is 16.5 Å². The molecule has 2 aromatic carbocycles. The van der Waals surface area contributed by atoms with Crippen LogP contribution in [0.3, 0.4) is 0 Å². The lowest BCUT2D eigenvalue weighted by Crippen LogP contribution is -2.13.